The summed E-state index contributed by atoms with van der Waals surface area (Å²) < 4.78 is 6.17. The lowest BCUT2D eigenvalue weighted by atomic mass is 10.2. The monoisotopic (exact) mass is 347 g/mol. The van der Waals surface area contributed by atoms with Gasteiger partial charge in [0.25, 0.3) is 5.56 Å². The van der Waals surface area contributed by atoms with E-state index in [1.54, 1.807) is 24.3 Å². The van der Waals surface area contributed by atoms with Gasteiger partial charge in [-0.05, 0) is 12.1 Å². The predicted molar refractivity (Wildman–Crippen MR) is 87.4 cm³/mol. The summed E-state index contributed by atoms with van der Waals surface area (Å²) in [6.45, 7) is 0.214. The average Bonchev–Trinajstić information content (AvgIpc) is 2.58. The molecule has 132 valence electrons. The second kappa shape index (κ2) is 6.89. The lowest BCUT2D eigenvalue weighted by Gasteiger charge is -2.32. The fourth-order valence-electron chi connectivity index (χ4n) is 2.84. The van der Waals surface area contributed by atoms with Gasteiger partial charge in [0.05, 0.1) is 30.0 Å². The Balaban J connectivity index is 1.81. The lowest BCUT2D eigenvalue weighted by Crippen LogP contribution is -2.49. The van der Waals surface area contributed by atoms with Crippen LogP contribution in [0.2, 0.25) is 0 Å². The van der Waals surface area contributed by atoms with E-state index in [1.165, 1.54) is 4.90 Å². The molecule has 0 bridgehead atoms. The van der Waals surface area contributed by atoms with Gasteiger partial charge in [-0.2, -0.15) is 0 Å². The quantitative estimate of drug-likeness (QED) is 0.761. The number of aromatic nitrogens is 2. The van der Waals surface area contributed by atoms with Crippen LogP contribution in [-0.2, 0) is 20.9 Å². The number of carboxylic acids is 1. The molecule has 1 amide bonds. The van der Waals surface area contributed by atoms with Crippen LogP contribution in [0.4, 0.5) is 0 Å². The number of H-pyrrole nitrogens is 1. The fourth-order valence-corrected chi connectivity index (χ4v) is 2.84. The first-order valence-corrected chi connectivity index (χ1v) is 7.78. The normalized spacial score (nSPS) is 17.6. The third-order valence-electron chi connectivity index (χ3n) is 4.08. The molecule has 1 fully saturated rings. The third kappa shape index (κ3) is 3.61. The van der Waals surface area contributed by atoms with Crippen LogP contribution >= 0.6 is 0 Å². The molecule has 25 heavy (non-hydrogen) atoms. The number of carboxylic acid groups (broad SMARTS) is 1. The molecule has 1 saturated heterocycles. The van der Waals surface area contributed by atoms with E-state index < -0.39 is 35.8 Å². The van der Waals surface area contributed by atoms with Crippen LogP contribution < -0.4 is 11.2 Å². The van der Waals surface area contributed by atoms with Gasteiger partial charge in [-0.15, -0.1) is 0 Å². The summed E-state index contributed by atoms with van der Waals surface area (Å²) in [5.41, 5.74) is -0.787. The van der Waals surface area contributed by atoms with E-state index in [0.29, 0.717) is 10.9 Å². The molecule has 1 aromatic heterocycles. The van der Waals surface area contributed by atoms with E-state index in [0.717, 1.165) is 4.57 Å². The zero-order valence-corrected chi connectivity index (χ0v) is 13.3. The van der Waals surface area contributed by atoms with Gasteiger partial charge in [0.1, 0.15) is 6.54 Å². The summed E-state index contributed by atoms with van der Waals surface area (Å²) in [4.78, 5) is 51.8. The van der Waals surface area contributed by atoms with Crippen LogP contribution in [0.1, 0.15) is 6.42 Å². The Morgan fingerprint density at radius 2 is 2.04 bits per heavy atom. The topological polar surface area (TPSA) is 122 Å². The van der Waals surface area contributed by atoms with Crippen LogP contribution in [-0.4, -0.2) is 57.2 Å². The molecule has 2 heterocycles. The fraction of sp³-hybridized carbons (Fsp3) is 0.375. The number of hydrogen-bond donors (Lipinski definition) is 2. The number of benzene rings is 1. The molecule has 0 spiro atoms. The van der Waals surface area contributed by atoms with Crippen molar-refractivity contribution in [3.8, 4) is 0 Å². The predicted octanol–water partition coefficient (Wildman–Crippen LogP) is -0.608. The highest BCUT2D eigenvalue weighted by Gasteiger charge is 2.26. The molecule has 1 unspecified atom stereocenters. The van der Waals surface area contributed by atoms with Crippen molar-refractivity contribution in [2.24, 2.45) is 0 Å². The maximum Gasteiger partial charge on any atom is 0.329 e. The third-order valence-corrected chi connectivity index (χ3v) is 4.08. The Morgan fingerprint density at radius 1 is 1.28 bits per heavy atom. The summed E-state index contributed by atoms with van der Waals surface area (Å²) in [5, 5.41) is 9.14. The number of amides is 1. The van der Waals surface area contributed by atoms with Crippen LogP contribution in [0, 0.1) is 0 Å². The van der Waals surface area contributed by atoms with Crippen molar-refractivity contribution in [3.05, 3.63) is 45.1 Å². The van der Waals surface area contributed by atoms with E-state index >= 15 is 0 Å². The number of fused-ring (bicyclic) bond motifs is 1. The molecular weight excluding hydrogens is 330 g/mol. The number of para-hydroxylation sites is 1. The largest absolute Gasteiger partial charge is 0.481 e. The van der Waals surface area contributed by atoms with Crippen molar-refractivity contribution in [1.82, 2.24) is 14.5 Å². The molecule has 2 aromatic rings. The molecule has 1 aromatic carbocycles. The van der Waals surface area contributed by atoms with Crippen molar-refractivity contribution in [2.75, 3.05) is 19.7 Å². The maximum absolute atomic E-state index is 12.4. The Hall–Kier alpha value is -2.94. The van der Waals surface area contributed by atoms with Gasteiger partial charge in [-0.1, -0.05) is 12.1 Å². The Labute approximate surface area is 141 Å². The zero-order chi connectivity index (χ0) is 18.0. The highest BCUT2D eigenvalue weighted by molar-refractivity contribution is 5.79. The second-order valence-corrected chi connectivity index (χ2v) is 5.80. The SMILES string of the molecule is O=C(O)CC1CN(C(=O)Cn2c(=O)[nH]c3ccccc3c2=O)CCO1. The van der Waals surface area contributed by atoms with Crippen LogP contribution in [0.25, 0.3) is 10.9 Å². The minimum atomic E-state index is -1.01. The smallest absolute Gasteiger partial charge is 0.329 e. The van der Waals surface area contributed by atoms with E-state index in [-0.39, 0.29) is 26.1 Å². The molecule has 3 rings (SSSR count). The summed E-state index contributed by atoms with van der Waals surface area (Å²) in [7, 11) is 0. The minimum Gasteiger partial charge on any atom is -0.481 e. The van der Waals surface area contributed by atoms with E-state index in [9.17, 15) is 19.2 Å². The van der Waals surface area contributed by atoms with Crippen LogP contribution in [0.5, 0.6) is 0 Å². The number of ether oxygens (including phenoxy) is 1. The van der Waals surface area contributed by atoms with Gasteiger partial charge < -0.3 is 19.7 Å². The van der Waals surface area contributed by atoms with Crippen molar-refractivity contribution >= 4 is 22.8 Å². The number of nitrogens with one attached hydrogen (secondary N) is 1. The number of aliphatic carboxylic acids is 1. The first kappa shape index (κ1) is 16.9. The van der Waals surface area contributed by atoms with Gasteiger partial charge in [-0.25, -0.2) is 4.79 Å². The average molecular weight is 347 g/mol. The maximum atomic E-state index is 12.4. The number of nitrogens with zero attached hydrogens (tertiary/aromatic N) is 2. The van der Waals surface area contributed by atoms with E-state index in [2.05, 4.69) is 4.98 Å². The number of carbonyl (C=O) groups excluding carboxylic acids is 1. The first-order valence-electron chi connectivity index (χ1n) is 7.78. The summed E-state index contributed by atoms with van der Waals surface area (Å²) in [6.07, 6.45) is -0.804. The molecule has 9 nitrogen and oxygen atoms in total. The van der Waals surface area contributed by atoms with Gasteiger partial charge >= 0.3 is 11.7 Å². The minimum absolute atomic E-state index is 0.116. The van der Waals surface area contributed by atoms with Crippen molar-refractivity contribution in [2.45, 2.75) is 19.1 Å². The van der Waals surface area contributed by atoms with Gasteiger partial charge in [0.2, 0.25) is 5.91 Å². The number of rotatable bonds is 4. The Kier molecular flexibility index (Phi) is 4.66. The molecule has 0 aliphatic carbocycles. The molecule has 0 saturated carbocycles. The molecule has 9 heteroatoms. The van der Waals surface area contributed by atoms with Crippen molar-refractivity contribution in [3.63, 3.8) is 0 Å². The highest BCUT2D eigenvalue weighted by atomic mass is 16.5. The van der Waals surface area contributed by atoms with Crippen LogP contribution in [0.15, 0.2) is 33.9 Å². The molecule has 0 radical (unpaired) electrons. The van der Waals surface area contributed by atoms with E-state index in [4.69, 9.17) is 9.84 Å². The molecule has 1 aliphatic heterocycles. The van der Waals surface area contributed by atoms with Gasteiger partial charge in [-0.3, -0.25) is 19.0 Å². The lowest BCUT2D eigenvalue weighted by molar-refractivity contribution is -0.148. The molecular formula is C16H17N3O6. The Morgan fingerprint density at radius 3 is 2.80 bits per heavy atom. The molecule has 1 atom stereocenters. The number of aromatic amines is 1. The highest BCUT2D eigenvalue weighted by Crippen LogP contribution is 2.09. The number of carbonyl (C=O) groups is 2. The summed E-state index contributed by atoms with van der Waals surface area (Å²) >= 11 is 0. The van der Waals surface area contributed by atoms with Gasteiger partial charge in [0.15, 0.2) is 0 Å². The van der Waals surface area contributed by atoms with Crippen molar-refractivity contribution < 1.29 is 19.4 Å². The second-order valence-electron chi connectivity index (χ2n) is 5.80. The first-order chi connectivity index (χ1) is 12.0. The van der Waals surface area contributed by atoms with E-state index in [1.807, 2.05) is 0 Å². The summed E-state index contributed by atoms with van der Waals surface area (Å²) in [5.74, 6) is -1.44. The molecule has 2 N–H and O–H groups in total. The number of morpholine rings is 1. The molecule has 1 aliphatic rings. The number of hydrogen-bond acceptors (Lipinski definition) is 5. The van der Waals surface area contributed by atoms with Crippen LogP contribution in [0.3, 0.4) is 0 Å². The van der Waals surface area contributed by atoms with Crippen molar-refractivity contribution in [1.29, 1.82) is 0 Å². The Bertz CT molecular complexity index is 931. The van der Waals surface area contributed by atoms with Gasteiger partial charge in [0, 0.05) is 13.1 Å². The standard InChI is InChI=1S/C16H17N3O6/c20-13(18-5-6-25-10(8-18)7-14(21)22)9-19-15(23)11-3-1-2-4-12(11)17-16(19)24/h1-4,10H,5-9H2,(H,17,24)(H,21,22). The zero-order valence-electron chi connectivity index (χ0n) is 13.3. The summed E-state index contributed by atoms with van der Waals surface area (Å²) in [6, 6.07) is 6.56.